The minimum Gasteiger partial charge on any atom is -0.229 e. The van der Waals surface area contributed by atoms with Crippen molar-refractivity contribution in [2.75, 3.05) is 16.8 Å². The van der Waals surface area contributed by atoms with Crippen LogP contribution in [0.2, 0.25) is 0 Å². The Balaban J connectivity index is 4.52. The fraction of sp³-hybridized carbons (Fsp3) is 1.00. The van der Waals surface area contributed by atoms with Crippen molar-refractivity contribution in [2.45, 2.75) is 46.5 Å². The van der Waals surface area contributed by atoms with Gasteiger partial charge in [0.15, 0.2) is 9.84 Å². The predicted octanol–water partition coefficient (Wildman–Crippen LogP) is 3.40. The van der Waals surface area contributed by atoms with Gasteiger partial charge in [-0.15, -0.1) is 0 Å². The van der Waals surface area contributed by atoms with Crippen molar-refractivity contribution in [3.63, 3.8) is 0 Å². The van der Waals surface area contributed by atoms with Gasteiger partial charge in [0.2, 0.25) is 0 Å². The summed E-state index contributed by atoms with van der Waals surface area (Å²) in [6.45, 7) is 6.16. The van der Waals surface area contributed by atoms with E-state index < -0.39 is 9.84 Å². The average molecular weight is 299 g/mol. The highest BCUT2D eigenvalue weighted by Gasteiger charge is 2.30. The number of rotatable bonds is 8. The number of alkyl halides is 1. The van der Waals surface area contributed by atoms with E-state index in [0.29, 0.717) is 11.5 Å². The van der Waals surface area contributed by atoms with E-state index in [1.54, 1.807) is 0 Å². The van der Waals surface area contributed by atoms with Gasteiger partial charge in [0.05, 0.1) is 11.5 Å². The van der Waals surface area contributed by atoms with Crippen LogP contribution in [0.15, 0.2) is 0 Å². The maximum absolute atomic E-state index is 11.9. The molecular weight excluding hydrogens is 276 g/mol. The van der Waals surface area contributed by atoms with Gasteiger partial charge in [-0.1, -0.05) is 43.1 Å². The Bertz CT molecular complexity index is 247. The number of unbranched alkanes of at least 4 members (excludes halogenated alkanes) is 1. The molecule has 0 radical (unpaired) electrons. The molecule has 0 aromatic heterocycles. The molecule has 0 aliphatic rings. The minimum atomic E-state index is -2.87. The summed E-state index contributed by atoms with van der Waals surface area (Å²) in [5.41, 5.74) is -0.0629. The Kier molecular flexibility index (Phi) is 7.09. The molecule has 4 heteroatoms. The summed E-state index contributed by atoms with van der Waals surface area (Å²) >= 11 is 3.45. The van der Waals surface area contributed by atoms with Crippen LogP contribution >= 0.6 is 15.9 Å². The van der Waals surface area contributed by atoms with Crippen molar-refractivity contribution in [1.82, 2.24) is 0 Å². The van der Waals surface area contributed by atoms with Crippen LogP contribution in [0.4, 0.5) is 0 Å². The van der Waals surface area contributed by atoms with Crippen LogP contribution in [-0.4, -0.2) is 25.3 Å². The van der Waals surface area contributed by atoms with Crippen molar-refractivity contribution in [3.05, 3.63) is 0 Å². The molecule has 0 spiro atoms. The van der Waals surface area contributed by atoms with Gasteiger partial charge in [0.25, 0.3) is 0 Å². The van der Waals surface area contributed by atoms with Crippen molar-refractivity contribution < 1.29 is 8.42 Å². The molecule has 0 unspecified atom stereocenters. The van der Waals surface area contributed by atoms with E-state index in [2.05, 4.69) is 29.8 Å². The zero-order valence-corrected chi connectivity index (χ0v) is 12.5. The molecular formula is C11H23BrO2S. The lowest BCUT2D eigenvalue weighted by molar-refractivity contribution is 0.351. The first-order valence-corrected chi connectivity index (χ1v) is 8.66. The molecule has 0 aliphatic carbocycles. The number of halogens is 1. The summed E-state index contributed by atoms with van der Waals surface area (Å²) in [6.07, 6.45) is 3.56. The second kappa shape index (κ2) is 6.89. The molecule has 0 aromatic carbocycles. The lowest BCUT2D eigenvalue weighted by atomic mass is 9.87. The topological polar surface area (TPSA) is 34.1 Å². The third kappa shape index (κ3) is 5.34. The zero-order valence-electron chi connectivity index (χ0n) is 10.1. The molecule has 15 heavy (non-hydrogen) atoms. The molecule has 0 rings (SSSR count). The van der Waals surface area contributed by atoms with Crippen LogP contribution in [0.25, 0.3) is 0 Å². The normalized spacial score (nSPS) is 13.1. The fourth-order valence-electron chi connectivity index (χ4n) is 1.58. The second-order valence-electron chi connectivity index (χ2n) is 4.29. The molecule has 0 saturated carbocycles. The molecule has 0 saturated heterocycles. The molecule has 0 N–H and O–H groups in total. The van der Waals surface area contributed by atoms with E-state index in [-0.39, 0.29) is 5.41 Å². The highest BCUT2D eigenvalue weighted by molar-refractivity contribution is 9.09. The highest BCUT2D eigenvalue weighted by Crippen LogP contribution is 2.30. The third-order valence-electron chi connectivity index (χ3n) is 3.12. The molecule has 0 aromatic rings. The van der Waals surface area contributed by atoms with Gasteiger partial charge >= 0.3 is 0 Å². The molecule has 0 aliphatic heterocycles. The van der Waals surface area contributed by atoms with Crippen LogP contribution in [0.5, 0.6) is 0 Å². The number of sulfone groups is 1. The summed E-state index contributed by atoms with van der Waals surface area (Å²) in [4.78, 5) is 0. The van der Waals surface area contributed by atoms with Gasteiger partial charge in [0, 0.05) is 5.33 Å². The summed E-state index contributed by atoms with van der Waals surface area (Å²) in [6, 6.07) is 0. The van der Waals surface area contributed by atoms with E-state index in [1.807, 2.05) is 6.92 Å². The second-order valence-corrected chi connectivity index (χ2v) is 7.03. The molecule has 92 valence electrons. The van der Waals surface area contributed by atoms with E-state index in [1.165, 1.54) is 0 Å². The number of hydrogen-bond donors (Lipinski definition) is 0. The monoisotopic (exact) mass is 298 g/mol. The van der Waals surface area contributed by atoms with E-state index in [4.69, 9.17) is 0 Å². The SMILES string of the molecule is CCCCS(=O)(=O)CC(CC)(CC)CBr. The van der Waals surface area contributed by atoms with Gasteiger partial charge in [0.1, 0.15) is 0 Å². The molecule has 0 heterocycles. The summed E-state index contributed by atoms with van der Waals surface area (Å²) in [5, 5.41) is 0.776. The molecule has 0 fully saturated rings. The Morgan fingerprint density at radius 1 is 1.13 bits per heavy atom. The standard InChI is InChI=1S/C11H23BrO2S/c1-4-7-8-15(13,14)10-11(5-2,6-3)9-12/h4-10H2,1-3H3. The quantitative estimate of drug-likeness (QED) is 0.644. The summed E-state index contributed by atoms with van der Waals surface area (Å²) in [7, 11) is -2.87. The lowest BCUT2D eigenvalue weighted by Crippen LogP contribution is -2.32. The third-order valence-corrected chi connectivity index (χ3v) is 6.27. The first-order chi connectivity index (χ1) is 6.95. The van der Waals surface area contributed by atoms with E-state index in [9.17, 15) is 8.42 Å². The van der Waals surface area contributed by atoms with Crippen LogP contribution in [0, 0.1) is 5.41 Å². The van der Waals surface area contributed by atoms with Crippen LogP contribution in [-0.2, 0) is 9.84 Å². The van der Waals surface area contributed by atoms with Crippen molar-refractivity contribution in [3.8, 4) is 0 Å². The van der Waals surface area contributed by atoms with Gasteiger partial charge < -0.3 is 0 Å². The Morgan fingerprint density at radius 2 is 1.67 bits per heavy atom. The zero-order chi connectivity index (χ0) is 11.9. The van der Waals surface area contributed by atoms with Crippen LogP contribution in [0.3, 0.4) is 0 Å². The lowest BCUT2D eigenvalue weighted by Gasteiger charge is -2.29. The Labute approximate surface area is 103 Å². The Morgan fingerprint density at radius 3 is 2.00 bits per heavy atom. The van der Waals surface area contributed by atoms with Crippen molar-refractivity contribution >= 4 is 25.8 Å². The maximum atomic E-state index is 11.9. The Hall–Kier alpha value is 0.430. The maximum Gasteiger partial charge on any atom is 0.150 e. The first kappa shape index (κ1) is 15.4. The van der Waals surface area contributed by atoms with E-state index in [0.717, 1.165) is 31.0 Å². The van der Waals surface area contributed by atoms with Crippen molar-refractivity contribution in [1.29, 1.82) is 0 Å². The van der Waals surface area contributed by atoms with Gasteiger partial charge in [-0.3, -0.25) is 0 Å². The molecule has 0 bridgehead atoms. The van der Waals surface area contributed by atoms with Gasteiger partial charge in [-0.2, -0.15) is 0 Å². The molecule has 0 atom stereocenters. The average Bonchev–Trinajstić information content (AvgIpc) is 2.23. The summed E-state index contributed by atoms with van der Waals surface area (Å²) in [5.74, 6) is 0.677. The van der Waals surface area contributed by atoms with Crippen LogP contribution in [0.1, 0.15) is 46.5 Å². The minimum absolute atomic E-state index is 0.0629. The molecule has 2 nitrogen and oxygen atoms in total. The first-order valence-electron chi connectivity index (χ1n) is 5.71. The smallest absolute Gasteiger partial charge is 0.150 e. The van der Waals surface area contributed by atoms with Gasteiger partial charge in [-0.25, -0.2) is 8.42 Å². The fourth-order valence-corrected chi connectivity index (χ4v) is 5.15. The van der Waals surface area contributed by atoms with E-state index >= 15 is 0 Å². The summed E-state index contributed by atoms with van der Waals surface area (Å²) < 4.78 is 23.7. The van der Waals surface area contributed by atoms with Gasteiger partial charge in [-0.05, 0) is 24.7 Å². The van der Waals surface area contributed by atoms with Crippen LogP contribution < -0.4 is 0 Å². The highest BCUT2D eigenvalue weighted by atomic mass is 79.9. The number of hydrogen-bond acceptors (Lipinski definition) is 2. The predicted molar refractivity (Wildman–Crippen MR) is 70.4 cm³/mol. The molecule has 0 amide bonds. The van der Waals surface area contributed by atoms with Crippen molar-refractivity contribution in [2.24, 2.45) is 5.41 Å². The largest absolute Gasteiger partial charge is 0.229 e.